The maximum Gasteiger partial charge on any atom is 0.224 e. The summed E-state index contributed by atoms with van der Waals surface area (Å²) < 4.78 is 0. The number of rotatable bonds is 7. The molecule has 1 saturated carbocycles. The van der Waals surface area contributed by atoms with E-state index in [0.717, 1.165) is 73.0 Å². The van der Waals surface area contributed by atoms with E-state index < -0.39 is 0 Å². The summed E-state index contributed by atoms with van der Waals surface area (Å²) in [5.74, 6) is 2.01. The molecule has 2 aromatic heterocycles. The van der Waals surface area contributed by atoms with E-state index in [-0.39, 0.29) is 5.91 Å². The van der Waals surface area contributed by atoms with Crippen molar-refractivity contribution in [3.05, 3.63) is 41.8 Å². The van der Waals surface area contributed by atoms with E-state index in [1.54, 1.807) is 11.3 Å². The van der Waals surface area contributed by atoms with Crippen LogP contribution in [0.3, 0.4) is 0 Å². The van der Waals surface area contributed by atoms with Crippen molar-refractivity contribution >= 4 is 34.0 Å². The molecule has 0 radical (unpaired) electrons. The van der Waals surface area contributed by atoms with Gasteiger partial charge in [-0.15, -0.1) is 11.3 Å². The number of carbonyl (C=O) groups is 1. The van der Waals surface area contributed by atoms with Crippen LogP contribution in [0, 0.1) is 0 Å². The van der Waals surface area contributed by atoms with Gasteiger partial charge in [-0.1, -0.05) is 25.1 Å². The van der Waals surface area contributed by atoms with E-state index in [1.165, 1.54) is 0 Å². The first-order valence-corrected chi connectivity index (χ1v) is 12.2. The number of nitrogens with zero attached hydrogens (tertiary/aromatic N) is 5. The van der Waals surface area contributed by atoms with Gasteiger partial charge in [0.2, 0.25) is 5.91 Å². The molecule has 2 fully saturated rings. The molecular formula is C24H29N5OS. The van der Waals surface area contributed by atoms with Crippen LogP contribution in [-0.4, -0.2) is 71.0 Å². The number of anilines is 1. The van der Waals surface area contributed by atoms with Gasteiger partial charge in [0.15, 0.2) is 5.82 Å². The number of aromatic nitrogens is 2. The molecule has 1 aliphatic heterocycles. The van der Waals surface area contributed by atoms with Crippen molar-refractivity contribution in [2.24, 2.45) is 0 Å². The Morgan fingerprint density at radius 2 is 1.90 bits per heavy atom. The molecular weight excluding hydrogens is 406 g/mol. The quantitative estimate of drug-likeness (QED) is 0.564. The summed E-state index contributed by atoms with van der Waals surface area (Å²) in [5, 5.41) is 3.13. The molecule has 1 saturated heterocycles. The molecule has 7 heteroatoms. The molecule has 0 N–H and O–H groups in total. The topological polar surface area (TPSA) is 52.6 Å². The van der Waals surface area contributed by atoms with Crippen LogP contribution in [0.25, 0.3) is 21.6 Å². The number of carbonyl (C=O) groups excluding carboxylic acids is 1. The molecule has 3 aromatic rings. The van der Waals surface area contributed by atoms with Crippen LogP contribution in [0.1, 0.15) is 26.2 Å². The Balaban J connectivity index is 1.39. The SMILES string of the molecule is CCN1CCN(C(=O)CCN(c2nc(-c3cccs3)nc3ccccc23)C2CC2)CC1. The molecule has 5 rings (SSSR count). The lowest BCUT2D eigenvalue weighted by atomic mass is 10.2. The van der Waals surface area contributed by atoms with Crippen molar-refractivity contribution in [3.8, 4) is 10.7 Å². The van der Waals surface area contributed by atoms with Crippen molar-refractivity contribution < 1.29 is 4.79 Å². The molecule has 1 aromatic carbocycles. The van der Waals surface area contributed by atoms with E-state index >= 15 is 0 Å². The molecule has 2 aliphatic rings. The lowest BCUT2D eigenvalue weighted by Crippen LogP contribution is -2.49. The van der Waals surface area contributed by atoms with E-state index in [0.29, 0.717) is 19.0 Å². The van der Waals surface area contributed by atoms with Crippen molar-refractivity contribution in [1.82, 2.24) is 19.8 Å². The van der Waals surface area contributed by atoms with Gasteiger partial charge in [-0.2, -0.15) is 0 Å². The summed E-state index contributed by atoms with van der Waals surface area (Å²) >= 11 is 1.66. The Morgan fingerprint density at radius 3 is 2.61 bits per heavy atom. The first-order valence-electron chi connectivity index (χ1n) is 11.3. The van der Waals surface area contributed by atoms with Gasteiger partial charge in [0.05, 0.1) is 10.4 Å². The minimum absolute atomic E-state index is 0.262. The number of fused-ring (bicyclic) bond motifs is 1. The maximum atomic E-state index is 12.9. The number of piperazine rings is 1. The van der Waals surface area contributed by atoms with Crippen LogP contribution in [-0.2, 0) is 4.79 Å². The monoisotopic (exact) mass is 435 g/mol. The van der Waals surface area contributed by atoms with E-state index in [4.69, 9.17) is 9.97 Å². The number of likely N-dealkylation sites (N-methyl/N-ethyl adjacent to an activating group) is 1. The largest absolute Gasteiger partial charge is 0.352 e. The highest BCUT2D eigenvalue weighted by molar-refractivity contribution is 7.13. The molecule has 0 atom stereocenters. The molecule has 1 aliphatic carbocycles. The second-order valence-electron chi connectivity index (χ2n) is 8.35. The highest BCUT2D eigenvalue weighted by Crippen LogP contribution is 2.36. The van der Waals surface area contributed by atoms with Gasteiger partial charge in [-0.05, 0) is 43.0 Å². The fraction of sp³-hybridized carbons (Fsp3) is 0.458. The lowest BCUT2D eigenvalue weighted by Gasteiger charge is -2.34. The number of amides is 1. The molecule has 31 heavy (non-hydrogen) atoms. The number of hydrogen-bond donors (Lipinski definition) is 0. The third-order valence-corrected chi connectivity index (χ3v) is 7.19. The van der Waals surface area contributed by atoms with Gasteiger partial charge in [-0.3, -0.25) is 4.79 Å². The highest BCUT2D eigenvalue weighted by atomic mass is 32.1. The van der Waals surface area contributed by atoms with Gasteiger partial charge >= 0.3 is 0 Å². The van der Waals surface area contributed by atoms with Gasteiger partial charge in [0.1, 0.15) is 5.82 Å². The van der Waals surface area contributed by atoms with Crippen molar-refractivity contribution in [2.75, 3.05) is 44.2 Å². The maximum absolute atomic E-state index is 12.9. The van der Waals surface area contributed by atoms with Gasteiger partial charge in [0.25, 0.3) is 0 Å². The minimum atomic E-state index is 0.262. The van der Waals surface area contributed by atoms with Crippen LogP contribution >= 0.6 is 11.3 Å². The molecule has 0 spiro atoms. The minimum Gasteiger partial charge on any atom is -0.352 e. The summed E-state index contributed by atoms with van der Waals surface area (Å²) in [6.07, 6.45) is 2.86. The van der Waals surface area contributed by atoms with Gasteiger partial charge < -0.3 is 14.7 Å². The smallest absolute Gasteiger partial charge is 0.224 e. The fourth-order valence-corrected chi connectivity index (χ4v) is 4.99. The summed E-state index contributed by atoms with van der Waals surface area (Å²) in [6, 6.07) is 12.8. The van der Waals surface area contributed by atoms with Crippen molar-refractivity contribution in [2.45, 2.75) is 32.2 Å². The zero-order valence-corrected chi connectivity index (χ0v) is 18.9. The number of para-hydroxylation sites is 1. The zero-order chi connectivity index (χ0) is 21.2. The Kier molecular flexibility index (Phi) is 5.87. The zero-order valence-electron chi connectivity index (χ0n) is 18.0. The standard InChI is InChI=1S/C24H29N5OS/c1-2-27-13-15-28(16-14-27)22(30)11-12-29(18-9-10-18)24-19-6-3-4-7-20(19)25-23(26-24)21-8-5-17-31-21/h3-8,17-18H,2,9-16H2,1H3. The summed E-state index contributed by atoms with van der Waals surface area (Å²) in [5.41, 5.74) is 0.962. The van der Waals surface area contributed by atoms with Crippen LogP contribution in [0.2, 0.25) is 0 Å². The number of benzene rings is 1. The van der Waals surface area contributed by atoms with Crippen LogP contribution in [0.5, 0.6) is 0 Å². The van der Waals surface area contributed by atoms with Crippen molar-refractivity contribution in [1.29, 1.82) is 0 Å². The Bertz CT molecular complexity index is 1040. The van der Waals surface area contributed by atoms with Gasteiger partial charge in [-0.25, -0.2) is 9.97 Å². The number of thiophene rings is 1. The van der Waals surface area contributed by atoms with Crippen LogP contribution in [0.15, 0.2) is 41.8 Å². The third-order valence-electron chi connectivity index (χ3n) is 6.32. The molecule has 3 heterocycles. The molecule has 1 amide bonds. The van der Waals surface area contributed by atoms with E-state index in [1.807, 2.05) is 23.1 Å². The predicted molar refractivity (Wildman–Crippen MR) is 127 cm³/mol. The fourth-order valence-electron chi connectivity index (χ4n) is 4.33. The molecule has 0 bridgehead atoms. The Labute approximate surface area is 187 Å². The second-order valence-corrected chi connectivity index (χ2v) is 9.30. The summed E-state index contributed by atoms with van der Waals surface area (Å²) in [7, 11) is 0. The first kappa shape index (κ1) is 20.4. The summed E-state index contributed by atoms with van der Waals surface area (Å²) in [4.78, 5) is 30.6. The lowest BCUT2D eigenvalue weighted by molar-refractivity contribution is -0.132. The summed E-state index contributed by atoms with van der Waals surface area (Å²) in [6.45, 7) is 7.60. The Hall–Kier alpha value is -2.51. The van der Waals surface area contributed by atoms with Crippen molar-refractivity contribution in [3.63, 3.8) is 0 Å². The Morgan fingerprint density at radius 1 is 1.10 bits per heavy atom. The van der Waals surface area contributed by atoms with Gasteiger partial charge in [0, 0.05) is 50.6 Å². The number of hydrogen-bond acceptors (Lipinski definition) is 6. The van der Waals surface area contributed by atoms with E-state index in [9.17, 15) is 4.79 Å². The van der Waals surface area contributed by atoms with Crippen LogP contribution in [0.4, 0.5) is 5.82 Å². The van der Waals surface area contributed by atoms with E-state index in [2.05, 4.69) is 40.3 Å². The normalized spacial score (nSPS) is 17.3. The van der Waals surface area contributed by atoms with Crippen LogP contribution < -0.4 is 4.90 Å². The second kappa shape index (κ2) is 8.93. The molecule has 6 nitrogen and oxygen atoms in total. The average Bonchev–Trinajstić information content (AvgIpc) is 3.50. The third kappa shape index (κ3) is 4.43. The molecule has 162 valence electrons. The predicted octanol–water partition coefficient (Wildman–Crippen LogP) is 3.88. The molecule has 0 unspecified atom stereocenters. The first-order chi connectivity index (χ1) is 15.2. The highest BCUT2D eigenvalue weighted by Gasteiger charge is 2.32. The average molecular weight is 436 g/mol.